The van der Waals surface area contributed by atoms with E-state index in [2.05, 4.69) is 39.7 Å². The van der Waals surface area contributed by atoms with Crippen LogP contribution in [-0.2, 0) is 6.54 Å². The number of carbonyl (C=O) groups is 2. The van der Waals surface area contributed by atoms with Gasteiger partial charge in [0.05, 0.1) is 22.4 Å². The van der Waals surface area contributed by atoms with Crippen molar-refractivity contribution in [1.29, 1.82) is 0 Å². The van der Waals surface area contributed by atoms with Crippen LogP contribution < -0.4 is 20.9 Å². The summed E-state index contributed by atoms with van der Waals surface area (Å²) in [6.07, 6.45) is 1.56. The van der Waals surface area contributed by atoms with E-state index in [1.165, 1.54) is 11.3 Å². The molecular weight excluding hydrogens is 446 g/mol. The molecule has 3 N–H and O–H groups in total. The van der Waals surface area contributed by atoms with Crippen molar-refractivity contribution < 1.29 is 14.0 Å². The fourth-order valence-electron chi connectivity index (χ4n) is 3.05. The highest BCUT2D eigenvalue weighted by Crippen LogP contribution is 2.34. The van der Waals surface area contributed by atoms with Gasteiger partial charge in [-0.2, -0.15) is 0 Å². The van der Waals surface area contributed by atoms with Crippen molar-refractivity contribution >= 4 is 60.6 Å². The number of thiophene rings is 1. The molecular formula is C22H23N5O3S2. The maximum atomic E-state index is 12.7. The summed E-state index contributed by atoms with van der Waals surface area (Å²) in [6.45, 7) is 6.32. The Balaban J connectivity index is 1.33. The number of hydrogen-bond donors (Lipinski definition) is 3. The Morgan fingerprint density at radius 3 is 2.38 bits per heavy atom. The molecule has 3 amide bonds. The SMILES string of the molecule is CCN(CC)c1nc2sc(C(=O)Nc3ccc(NC(=O)NCc4ccco4)cc3)cc2s1. The molecule has 0 radical (unpaired) electrons. The van der Waals surface area contributed by atoms with Gasteiger partial charge in [0.1, 0.15) is 10.6 Å². The molecule has 4 rings (SSSR count). The minimum Gasteiger partial charge on any atom is -0.467 e. The third kappa shape index (κ3) is 5.09. The number of urea groups is 1. The van der Waals surface area contributed by atoms with Crippen LogP contribution in [0.2, 0.25) is 0 Å². The summed E-state index contributed by atoms with van der Waals surface area (Å²) >= 11 is 2.99. The van der Waals surface area contributed by atoms with E-state index in [4.69, 9.17) is 4.42 Å². The Morgan fingerprint density at radius 2 is 1.75 bits per heavy atom. The average Bonchev–Trinajstić information content (AvgIpc) is 3.51. The number of furan rings is 1. The number of carbonyl (C=O) groups excluding carboxylic acids is 2. The largest absolute Gasteiger partial charge is 0.467 e. The second-order valence-corrected chi connectivity index (χ2v) is 8.91. The van der Waals surface area contributed by atoms with E-state index in [0.717, 1.165) is 27.8 Å². The molecule has 0 aliphatic rings. The molecule has 0 unspecified atom stereocenters. The van der Waals surface area contributed by atoms with E-state index in [9.17, 15) is 9.59 Å². The van der Waals surface area contributed by atoms with Crippen LogP contribution >= 0.6 is 22.7 Å². The van der Waals surface area contributed by atoms with Crippen molar-refractivity contribution in [1.82, 2.24) is 10.3 Å². The Hall–Kier alpha value is -3.37. The zero-order valence-electron chi connectivity index (χ0n) is 17.7. The van der Waals surface area contributed by atoms with Crippen molar-refractivity contribution in [3.05, 3.63) is 59.4 Å². The van der Waals surface area contributed by atoms with Gasteiger partial charge in [-0.25, -0.2) is 9.78 Å². The third-order valence-corrected chi connectivity index (χ3v) is 6.96. The van der Waals surface area contributed by atoms with Gasteiger partial charge < -0.3 is 25.3 Å². The minimum atomic E-state index is -0.339. The first-order valence-corrected chi connectivity index (χ1v) is 11.8. The van der Waals surface area contributed by atoms with Crippen LogP contribution in [0.4, 0.5) is 21.3 Å². The van der Waals surface area contributed by atoms with E-state index < -0.39 is 0 Å². The fourth-order valence-corrected chi connectivity index (χ4v) is 5.28. The number of hydrogen-bond acceptors (Lipinski definition) is 7. The van der Waals surface area contributed by atoms with Crippen molar-refractivity contribution in [2.75, 3.05) is 28.6 Å². The number of anilines is 3. The number of nitrogens with zero attached hydrogens (tertiary/aromatic N) is 2. The number of amides is 3. The fraction of sp³-hybridized carbons (Fsp3) is 0.227. The lowest BCUT2D eigenvalue weighted by Gasteiger charge is -2.16. The van der Waals surface area contributed by atoms with Gasteiger partial charge in [-0.1, -0.05) is 11.3 Å². The van der Waals surface area contributed by atoms with E-state index in [0.29, 0.717) is 28.6 Å². The molecule has 0 bridgehead atoms. The van der Waals surface area contributed by atoms with Gasteiger partial charge in [0, 0.05) is 24.5 Å². The number of benzene rings is 1. The second-order valence-electron chi connectivity index (χ2n) is 6.87. The first-order valence-electron chi connectivity index (χ1n) is 10.2. The van der Waals surface area contributed by atoms with E-state index in [1.807, 2.05) is 6.07 Å². The topological polar surface area (TPSA) is 99.5 Å². The lowest BCUT2D eigenvalue weighted by Crippen LogP contribution is -2.27. The molecule has 0 saturated carbocycles. The Kier molecular flexibility index (Phi) is 6.72. The molecule has 4 aromatic rings. The van der Waals surface area contributed by atoms with E-state index >= 15 is 0 Å². The van der Waals surface area contributed by atoms with E-state index in [1.54, 1.807) is 54.0 Å². The van der Waals surface area contributed by atoms with Crippen molar-refractivity contribution in [2.24, 2.45) is 0 Å². The predicted molar refractivity (Wildman–Crippen MR) is 130 cm³/mol. The van der Waals surface area contributed by atoms with Gasteiger partial charge in [0.15, 0.2) is 5.13 Å². The molecule has 0 atom stereocenters. The van der Waals surface area contributed by atoms with Gasteiger partial charge in [-0.05, 0) is 56.3 Å². The molecule has 10 heteroatoms. The summed E-state index contributed by atoms with van der Waals surface area (Å²) in [5.41, 5.74) is 1.26. The summed E-state index contributed by atoms with van der Waals surface area (Å²) in [5, 5.41) is 9.33. The second kappa shape index (κ2) is 9.84. The van der Waals surface area contributed by atoms with Crippen LogP contribution in [0.3, 0.4) is 0 Å². The Labute approximate surface area is 193 Å². The lowest BCUT2D eigenvalue weighted by atomic mass is 10.2. The zero-order chi connectivity index (χ0) is 22.5. The normalized spacial score (nSPS) is 10.8. The maximum Gasteiger partial charge on any atom is 0.319 e. The van der Waals surface area contributed by atoms with Crippen LogP contribution in [0.25, 0.3) is 9.53 Å². The van der Waals surface area contributed by atoms with Crippen LogP contribution in [0.5, 0.6) is 0 Å². The van der Waals surface area contributed by atoms with Crippen LogP contribution in [-0.4, -0.2) is 30.0 Å². The summed E-state index contributed by atoms with van der Waals surface area (Å²) in [6, 6.07) is 12.0. The molecule has 3 heterocycles. The molecule has 3 aromatic heterocycles. The maximum absolute atomic E-state index is 12.7. The molecule has 0 aliphatic heterocycles. The number of thiazole rings is 1. The van der Waals surface area contributed by atoms with Crippen molar-refractivity contribution in [2.45, 2.75) is 20.4 Å². The summed E-state index contributed by atoms with van der Waals surface area (Å²) in [7, 11) is 0. The molecule has 0 saturated heterocycles. The highest BCUT2D eigenvalue weighted by Gasteiger charge is 2.16. The number of fused-ring (bicyclic) bond motifs is 1. The standard InChI is InChI=1S/C22H23N5O3S2/c1-3-27(4-2)22-26-20-18(32-22)12-17(31-20)19(28)24-14-7-9-15(10-8-14)25-21(29)23-13-16-6-5-11-30-16/h5-12H,3-4,13H2,1-2H3,(H,24,28)(H2,23,25,29). The number of aromatic nitrogens is 1. The van der Waals surface area contributed by atoms with Crippen molar-refractivity contribution in [3.8, 4) is 0 Å². The van der Waals surface area contributed by atoms with Crippen molar-refractivity contribution in [3.63, 3.8) is 0 Å². The van der Waals surface area contributed by atoms with Gasteiger partial charge in [0.2, 0.25) is 0 Å². The molecule has 32 heavy (non-hydrogen) atoms. The predicted octanol–water partition coefficient (Wildman–Crippen LogP) is 5.37. The minimum absolute atomic E-state index is 0.179. The lowest BCUT2D eigenvalue weighted by molar-refractivity contribution is 0.103. The van der Waals surface area contributed by atoms with E-state index in [-0.39, 0.29) is 11.9 Å². The quantitative estimate of drug-likeness (QED) is 0.322. The average molecular weight is 470 g/mol. The zero-order valence-corrected chi connectivity index (χ0v) is 19.3. The molecule has 166 valence electrons. The van der Waals surface area contributed by atoms with Crippen LogP contribution in [0.15, 0.2) is 53.1 Å². The van der Waals surface area contributed by atoms with Gasteiger partial charge >= 0.3 is 6.03 Å². The summed E-state index contributed by atoms with van der Waals surface area (Å²) in [5.74, 6) is 0.493. The molecule has 0 aliphatic carbocycles. The van der Waals surface area contributed by atoms with Gasteiger partial charge in [-0.15, -0.1) is 11.3 Å². The van der Waals surface area contributed by atoms with Gasteiger partial charge in [0.25, 0.3) is 5.91 Å². The first kappa shape index (κ1) is 21.8. The van der Waals surface area contributed by atoms with Gasteiger partial charge in [-0.3, -0.25) is 4.79 Å². The monoisotopic (exact) mass is 469 g/mol. The highest BCUT2D eigenvalue weighted by molar-refractivity contribution is 7.29. The molecule has 8 nitrogen and oxygen atoms in total. The number of nitrogens with one attached hydrogen (secondary N) is 3. The van der Waals surface area contributed by atoms with Crippen LogP contribution in [0, 0.1) is 0 Å². The van der Waals surface area contributed by atoms with Crippen LogP contribution in [0.1, 0.15) is 29.3 Å². The molecule has 0 fully saturated rings. The third-order valence-electron chi connectivity index (χ3n) is 4.74. The number of rotatable bonds is 8. The first-order chi connectivity index (χ1) is 15.6. The summed E-state index contributed by atoms with van der Waals surface area (Å²) < 4.78 is 6.19. The molecule has 0 spiro atoms. The summed E-state index contributed by atoms with van der Waals surface area (Å²) in [4.78, 5) is 33.0. The highest BCUT2D eigenvalue weighted by atomic mass is 32.1. The Bertz CT molecular complexity index is 1160. The smallest absolute Gasteiger partial charge is 0.319 e. The Morgan fingerprint density at radius 1 is 1.03 bits per heavy atom. The molecule has 1 aromatic carbocycles.